The minimum Gasteiger partial charge on any atom is -0.480 e. The molecule has 0 unspecified atom stereocenters. The summed E-state index contributed by atoms with van der Waals surface area (Å²) in [5.74, 6) is -0.910. The molecule has 0 bridgehead atoms. The Morgan fingerprint density at radius 2 is 2.08 bits per heavy atom. The van der Waals surface area contributed by atoms with Gasteiger partial charge < -0.3 is 15.9 Å². The second kappa shape index (κ2) is 9.22. The van der Waals surface area contributed by atoms with Crippen molar-refractivity contribution in [2.24, 2.45) is 11.7 Å². The highest BCUT2D eigenvalue weighted by molar-refractivity contribution is 5.73. The van der Waals surface area contributed by atoms with E-state index in [-0.39, 0.29) is 12.5 Å². The van der Waals surface area contributed by atoms with Crippen LogP contribution in [-0.4, -0.2) is 28.8 Å². The van der Waals surface area contributed by atoms with Gasteiger partial charge in [-0.1, -0.05) is 19.9 Å². The molecule has 0 rings (SSSR count). The van der Waals surface area contributed by atoms with Gasteiger partial charge in [0.25, 0.3) is 0 Å². The second-order valence-corrected chi connectivity index (χ2v) is 2.91. The summed E-state index contributed by atoms with van der Waals surface area (Å²) in [7, 11) is 0. The van der Waals surface area contributed by atoms with Crippen LogP contribution >= 0.6 is 0 Å². The van der Waals surface area contributed by atoms with Gasteiger partial charge in [-0.05, 0) is 12.3 Å². The van der Waals surface area contributed by atoms with Crippen LogP contribution in [0.2, 0.25) is 0 Å². The lowest BCUT2D eigenvalue weighted by molar-refractivity contribution is -0.139. The molecule has 0 aliphatic carbocycles. The fraction of sp³-hybridized carbons (Fsp3) is 0.667. The maximum Gasteiger partial charge on any atom is 0.320 e. The van der Waals surface area contributed by atoms with E-state index < -0.39 is 12.0 Å². The zero-order chi connectivity index (χ0) is 10.9. The third-order valence-corrected chi connectivity index (χ3v) is 1.34. The second-order valence-electron chi connectivity index (χ2n) is 2.91. The Labute approximate surface area is 79.1 Å². The van der Waals surface area contributed by atoms with Crippen molar-refractivity contribution in [2.45, 2.75) is 26.3 Å². The molecule has 4 N–H and O–H groups in total. The van der Waals surface area contributed by atoms with Crippen LogP contribution < -0.4 is 5.73 Å². The van der Waals surface area contributed by atoms with Gasteiger partial charge >= 0.3 is 5.97 Å². The van der Waals surface area contributed by atoms with Crippen LogP contribution in [0.4, 0.5) is 0 Å². The van der Waals surface area contributed by atoms with E-state index in [1.54, 1.807) is 19.9 Å². The van der Waals surface area contributed by atoms with Crippen molar-refractivity contribution in [3.05, 3.63) is 12.7 Å². The van der Waals surface area contributed by atoms with Gasteiger partial charge in [0, 0.05) is 6.61 Å². The molecule has 0 amide bonds. The Hall–Kier alpha value is -0.870. The van der Waals surface area contributed by atoms with Crippen molar-refractivity contribution >= 4 is 5.97 Å². The molecule has 0 radical (unpaired) electrons. The number of aliphatic carboxylic acids is 1. The zero-order valence-electron chi connectivity index (χ0n) is 8.23. The lowest BCUT2D eigenvalue weighted by Crippen LogP contribution is -2.34. The lowest BCUT2D eigenvalue weighted by atomic mass is 10.1. The maximum atomic E-state index is 10.0. The van der Waals surface area contributed by atoms with Crippen molar-refractivity contribution in [2.75, 3.05) is 6.61 Å². The van der Waals surface area contributed by atoms with E-state index in [9.17, 15) is 4.79 Å². The van der Waals surface area contributed by atoms with Gasteiger partial charge in [-0.3, -0.25) is 4.79 Å². The van der Waals surface area contributed by atoms with Gasteiger partial charge in [-0.25, -0.2) is 0 Å². The molecule has 0 fully saturated rings. The monoisotopic (exact) mass is 189 g/mol. The summed E-state index contributed by atoms with van der Waals surface area (Å²) >= 11 is 0. The molecule has 0 heterocycles. The first-order valence-electron chi connectivity index (χ1n) is 4.17. The third-order valence-electron chi connectivity index (χ3n) is 1.34. The molecule has 1 atom stereocenters. The molecule has 0 saturated carbocycles. The topological polar surface area (TPSA) is 83.5 Å². The summed E-state index contributed by atoms with van der Waals surface area (Å²) in [4.78, 5) is 10.0. The quantitative estimate of drug-likeness (QED) is 0.566. The summed E-state index contributed by atoms with van der Waals surface area (Å²) in [6.45, 7) is 7.17. The van der Waals surface area contributed by atoms with E-state index in [1.165, 1.54) is 0 Å². The number of carboxylic acids is 1. The Bertz CT molecular complexity index is 146. The molecule has 0 saturated heterocycles. The number of hydrogen-bond acceptors (Lipinski definition) is 3. The van der Waals surface area contributed by atoms with Crippen LogP contribution in [0.5, 0.6) is 0 Å². The summed E-state index contributed by atoms with van der Waals surface area (Å²) in [6.07, 6.45) is 2.39. The van der Waals surface area contributed by atoms with Crippen LogP contribution in [0.15, 0.2) is 12.7 Å². The average Bonchev–Trinajstić information content (AvgIpc) is 2.05. The number of aliphatic hydroxyl groups is 1. The van der Waals surface area contributed by atoms with Crippen molar-refractivity contribution in [1.29, 1.82) is 0 Å². The first-order valence-corrected chi connectivity index (χ1v) is 4.17. The number of nitrogens with two attached hydrogens (primary N) is 1. The number of carboxylic acid groups (broad SMARTS) is 1. The van der Waals surface area contributed by atoms with Gasteiger partial charge in [0.2, 0.25) is 0 Å². The van der Waals surface area contributed by atoms with E-state index in [1.807, 2.05) is 0 Å². The minimum atomic E-state index is -0.931. The average molecular weight is 189 g/mol. The van der Waals surface area contributed by atoms with Gasteiger partial charge in [0.05, 0.1) is 0 Å². The predicted octanol–water partition coefficient (Wildman–Crippen LogP) is 0.609. The lowest BCUT2D eigenvalue weighted by Gasteiger charge is -2.07. The zero-order valence-corrected chi connectivity index (χ0v) is 8.23. The number of hydrogen-bond donors (Lipinski definition) is 3. The molecule has 0 aliphatic heterocycles. The number of carbonyl (C=O) groups is 1. The van der Waals surface area contributed by atoms with Crippen LogP contribution in [0, 0.1) is 5.92 Å². The van der Waals surface area contributed by atoms with Crippen LogP contribution in [0.25, 0.3) is 0 Å². The highest BCUT2D eigenvalue weighted by Gasteiger charge is 2.14. The molecule has 13 heavy (non-hydrogen) atoms. The fourth-order valence-corrected chi connectivity index (χ4v) is 0.376. The summed E-state index contributed by atoms with van der Waals surface area (Å²) in [5.41, 5.74) is 5.16. The standard InChI is InChI=1S/C5H11NO2.C4H8O/c1-3(2)4(6)5(7)8;1-2-3-4-5/h3-4H,6H2,1-2H3,(H,7,8);2,5H,1,3-4H2/t4-;/m0./s1. The van der Waals surface area contributed by atoms with E-state index in [0.717, 1.165) is 0 Å². The molecule has 4 heteroatoms. The van der Waals surface area contributed by atoms with Gasteiger partial charge in [0.1, 0.15) is 6.04 Å². The Morgan fingerprint density at radius 1 is 1.62 bits per heavy atom. The minimum absolute atomic E-state index is 0.0208. The fourth-order valence-electron chi connectivity index (χ4n) is 0.376. The molecule has 0 spiro atoms. The molecule has 4 nitrogen and oxygen atoms in total. The first kappa shape index (κ1) is 14.6. The molecule has 78 valence electrons. The van der Waals surface area contributed by atoms with Gasteiger partial charge in [-0.2, -0.15) is 0 Å². The largest absolute Gasteiger partial charge is 0.480 e. The smallest absolute Gasteiger partial charge is 0.320 e. The summed E-state index contributed by atoms with van der Waals surface area (Å²) in [6, 6.07) is -0.713. The van der Waals surface area contributed by atoms with E-state index in [0.29, 0.717) is 6.42 Å². The number of rotatable bonds is 4. The van der Waals surface area contributed by atoms with Crippen molar-refractivity contribution in [3.63, 3.8) is 0 Å². The van der Waals surface area contributed by atoms with E-state index in [2.05, 4.69) is 6.58 Å². The highest BCUT2D eigenvalue weighted by atomic mass is 16.4. The molecule has 0 aromatic rings. The first-order chi connectivity index (χ1) is 5.97. The SMILES string of the molecule is C=CCCO.CC(C)[C@H](N)C(=O)O. The molecule has 0 aromatic carbocycles. The van der Waals surface area contributed by atoms with E-state index in [4.69, 9.17) is 15.9 Å². The predicted molar refractivity (Wildman–Crippen MR) is 52.3 cm³/mol. The van der Waals surface area contributed by atoms with E-state index >= 15 is 0 Å². The van der Waals surface area contributed by atoms with Crippen molar-refractivity contribution in [1.82, 2.24) is 0 Å². The summed E-state index contributed by atoms with van der Waals surface area (Å²) in [5, 5.41) is 16.2. The molecular formula is C9H19NO3. The third kappa shape index (κ3) is 11.1. The van der Waals surface area contributed by atoms with Crippen molar-refractivity contribution in [3.8, 4) is 0 Å². The summed E-state index contributed by atoms with van der Waals surface area (Å²) < 4.78 is 0. The van der Waals surface area contributed by atoms with Crippen molar-refractivity contribution < 1.29 is 15.0 Å². The Kier molecular flexibility index (Phi) is 10.4. The molecule has 0 aliphatic rings. The molecular weight excluding hydrogens is 170 g/mol. The van der Waals surface area contributed by atoms with Crippen LogP contribution in [-0.2, 0) is 4.79 Å². The normalized spacial score (nSPS) is 11.5. The highest BCUT2D eigenvalue weighted by Crippen LogP contribution is 1.96. The van der Waals surface area contributed by atoms with Crippen LogP contribution in [0.1, 0.15) is 20.3 Å². The maximum absolute atomic E-state index is 10.0. The molecule has 0 aromatic heterocycles. The Balaban J connectivity index is 0. The van der Waals surface area contributed by atoms with Gasteiger partial charge in [-0.15, -0.1) is 6.58 Å². The Morgan fingerprint density at radius 3 is 2.08 bits per heavy atom. The van der Waals surface area contributed by atoms with Crippen LogP contribution in [0.3, 0.4) is 0 Å². The number of aliphatic hydroxyl groups excluding tert-OH is 1. The van der Waals surface area contributed by atoms with Gasteiger partial charge in [0.15, 0.2) is 0 Å².